The van der Waals surface area contributed by atoms with E-state index in [9.17, 15) is 4.79 Å². The molecular weight excluding hydrogens is 263 g/mol. The Morgan fingerprint density at radius 3 is 2.53 bits per heavy atom. The second kappa shape index (κ2) is 5.10. The van der Waals surface area contributed by atoms with E-state index in [4.69, 9.17) is 27.9 Å². The van der Waals surface area contributed by atoms with E-state index >= 15 is 0 Å². The van der Waals surface area contributed by atoms with Gasteiger partial charge in [0.05, 0.1) is 10.7 Å². The molecule has 0 bridgehead atoms. The molecule has 0 atom stereocenters. The molecule has 0 aliphatic heterocycles. The molecule has 0 saturated heterocycles. The van der Waals surface area contributed by atoms with Gasteiger partial charge in [-0.3, -0.25) is 4.90 Å². The number of rotatable bonds is 1. The third-order valence-corrected chi connectivity index (χ3v) is 2.31. The molecule has 1 heterocycles. The summed E-state index contributed by atoms with van der Waals surface area (Å²) in [5.41, 5.74) is -0.155. The number of ether oxygens (including phenoxy) is 1. The molecule has 0 N–H and O–H groups in total. The van der Waals surface area contributed by atoms with Crippen LogP contribution >= 0.6 is 23.2 Å². The maximum Gasteiger partial charge on any atom is 0.414 e. The van der Waals surface area contributed by atoms with Crippen molar-refractivity contribution in [3.63, 3.8) is 0 Å². The zero-order valence-corrected chi connectivity index (χ0v) is 11.6. The number of aromatic nitrogens is 1. The molecule has 1 rings (SSSR count). The van der Waals surface area contributed by atoms with Gasteiger partial charge in [0.25, 0.3) is 0 Å². The van der Waals surface area contributed by atoms with Gasteiger partial charge in [-0.25, -0.2) is 9.78 Å². The minimum Gasteiger partial charge on any atom is -0.443 e. The summed E-state index contributed by atoms with van der Waals surface area (Å²) < 4.78 is 5.21. The summed E-state index contributed by atoms with van der Waals surface area (Å²) in [7, 11) is 1.55. The second-order valence-corrected chi connectivity index (χ2v) is 5.30. The average molecular weight is 277 g/mol. The number of amides is 1. The number of pyridine rings is 1. The minimum atomic E-state index is -0.566. The predicted octanol–water partition coefficient (Wildman–Crippen LogP) is 3.76. The third-order valence-electron chi connectivity index (χ3n) is 1.82. The lowest BCUT2D eigenvalue weighted by Gasteiger charge is -2.24. The molecule has 1 aromatic heterocycles. The van der Waals surface area contributed by atoms with E-state index < -0.39 is 11.7 Å². The number of halogens is 2. The fourth-order valence-corrected chi connectivity index (χ4v) is 1.46. The molecule has 1 amide bonds. The maximum absolute atomic E-state index is 11.8. The largest absolute Gasteiger partial charge is 0.443 e. The van der Waals surface area contributed by atoms with Crippen molar-refractivity contribution in [3.05, 3.63) is 22.4 Å². The lowest BCUT2D eigenvalue weighted by atomic mass is 10.2. The Labute approximate surface area is 110 Å². The van der Waals surface area contributed by atoms with Crippen molar-refractivity contribution in [2.75, 3.05) is 11.9 Å². The number of hydrogen-bond donors (Lipinski definition) is 0. The summed E-state index contributed by atoms with van der Waals surface area (Å²) in [4.78, 5) is 16.9. The number of anilines is 1. The Bertz CT molecular complexity index is 430. The van der Waals surface area contributed by atoms with Crippen molar-refractivity contribution in [3.8, 4) is 0 Å². The van der Waals surface area contributed by atoms with Gasteiger partial charge in [0.2, 0.25) is 0 Å². The first-order valence-electron chi connectivity index (χ1n) is 4.98. The van der Waals surface area contributed by atoms with Crippen LogP contribution in [-0.2, 0) is 4.74 Å². The van der Waals surface area contributed by atoms with Crippen LogP contribution in [0.3, 0.4) is 0 Å². The monoisotopic (exact) mass is 276 g/mol. The van der Waals surface area contributed by atoms with Crippen LogP contribution in [0.4, 0.5) is 10.5 Å². The highest BCUT2D eigenvalue weighted by Gasteiger charge is 2.22. The number of hydrogen-bond acceptors (Lipinski definition) is 3. The molecule has 17 heavy (non-hydrogen) atoms. The van der Waals surface area contributed by atoms with E-state index in [0.29, 0.717) is 10.7 Å². The van der Waals surface area contributed by atoms with Crippen molar-refractivity contribution >= 4 is 35.0 Å². The number of carbonyl (C=O) groups is 1. The quantitative estimate of drug-likeness (QED) is 0.734. The van der Waals surface area contributed by atoms with Crippen LogP contribution in [-0.4, -0.2) is 23.7 Å². The number of nitrogens with zero attached hydrogens (tertiary/aromatic N) is 2. The summed E-state index contributed by atoms with van der Waals surface area (Å²) >= 11 is 11.7. The predicted molar refractivity (Wildman–Crippen MR) is 68.9 cm³/mol. The van der Waals surface area contributed by atoms with Crippen LogP contribution in [0.15, 0.2) is 12.3 Å². The van der Waals surface area contributed by atoms with E-state index in [0.717, 1.165) is 0 Å². The molecule has 0 saturated carbocycles. The summed E-state index contributed by atoms with van der Waals surface area (Å²) in [6.45, 7) is 5.36. The zero-order valence-electron chi connectivity index (χ0n) is 10.1. The Kier molecular flexibility index (Phi) is 4.22. The van der Waals surface area contributed by atoms with Crippen molar-refractivity contribution in [1.29, 1.82) is 0 Å². The Morgan fingerprint density at radius 1 is 1.41 bits per heavy atom. The van der Waals surface area contributed by atoms with Gasteiger partial charge in [0.15, 0.2) is 5.15 Å². The van der Waals surface area contributed by atoms with E-state index in [1.54, 1.807) is 33.9 Å². The normalized spacial score (nSPS) is 11.2. The fourth-order valence-electron chi connectivity index (χ4n) is 1.08. The molecule has 94 valence electrons. The molecule has 0 spiro atoms. The summed E-state index contributed by atoms with van der Waals surface area (Å²) in [6.07, 6.45) is 0.902. The van der Waals surface area contributed by atoms with Crippen molar-refractivity contribution < 1.29 is 9.53 Å². The van der Waals surface area contributed by atoms with Crippen LogP contribution in [0.2, 0.25) is 10.2 Å². The fraction of sp³-hybridized carbons (Fsp3) is 0.455. The van der Waals surface area contributed by atoms with Crippen molar-refractivity contribution in [2.45, 2.75) is 26.4 Å². The van der Waals surface area contributed by atoms with Crippen molar-refractivity contribution in [1.82, 2.24) is 4.98 Å². The van der Waals surface area contributed by atoms with Gasteiger partial charge in [-0.1, -0.05) is 23.2 Å². The van der Waals surface area contributed by atoms with Crippen LogP contribution in [0.25, 0.3) is 0 Å². The Balaban J connectivity index is 2.92. The standard InChI is InChI=1S/C11H14Cl2N2O2/c1-11(2,3)17-10(16)15(4)8-5-7(12)6-14-9(8)13/h5-6H,1-4H3. The lowest BCUT2D eigenvalue weighted by Crippen LogP contribution is -2.34. The van der Waals surface area contributed by atoms with Crippen LogP contribution in [0, 0.1) is 0 Å². The van der Waals surface area contributed by atoms with Gasteiger partial charge in [-0.15, -0.1) is 0 Å². The topological polar surface area (TPSA) is 42.4 Å². The van der Waals surface area contributed by atoms with E-state index in [2.05, 4.69) is 4.98 Å². The van der Waals surface area contributed by atoms with Gasteiger partial charge in [0, 0.05) is 13.2 Å². The molecule has 0 fully saturated rings. The SMILES string of the molecule is CN(C(=O)OC(C)(C)C)c1cc(Cl)cnc1Cl. The highest BCUT2D eigenvalue weighted by Crippen LogP contribution is 2.26. The number of carbonyl (C=O) groups excluding carboxylic acids is 1. The maximum atomic E-state index is 11.8. The summed E-state index contributed by atoms with van der Waals surface area (Å²) in [5.74, 6) is 0. The lowest BCUT2D eigenvalue weighted by molar-refractivity contribution is 0.0589. The summed E-state index contributed by atoms with van der Waals surface area (Å²) in [6, 6.07) is 1.56. The smallest absolute Gasteiger partial charge is 0.414 e. The molecule has 4 nitrogen and oxygen atoms in total. The van der Waals surface area contributed by atoms with Gasteiger partial charge in [-0.2, -0.15) is 0 Å². The minimum absolute atomic E-state index is 0.197. The van der Waals surface area contributed by atoms with E-state index in [-0.39, 0.29) is 5.15 Å². The van der Waals surface area contributed by atoms with Gasteiger partial charge >= 0.3 is 6.09 Å². The first-order chi connectivity index (χ1) is 7.70. The second-order valence-electron chi connectivity index (χ2n) is 4.50. The first-order valence-corrected chi connectivity index (χ1v) is 5.74. The summed E-state index contributed by atoms with van der Waals surface area (Å²) in [5, 5.41) is 0.600. The first kappa shape index (κ1) is 14.1. The van der Waals surface area contributed by atoms with Gasteiger partial charge in [-0.05, 0) is 26.8 Å². The van der Waals surface area contributed by atoms with Crippen LogP contribution in [0.5, 0.6) is 0 Å². The van der Waals surface area contributed by atoms with E-state index in [1.807, 2.05) is 0 Å². The molecular formula is C11H14Cl2N2O2. The molecule has 1 aromatic rings. The molecule has 6 heteroatoms. The Hall–Kier alpha value is -1.00. The molecule has 0 aliphatic rings. The third kappa shape index (κ3) is 4.06. The van der Waals surface area contributed by atoms with Gasteiger partial charge in [0.1, 0.15) is 5.60 Å². The van der Waals surface area contributed by atoms with E-state index in [1.165, 1.54) is 11.1 Å². The highest BCUT2D eigenvalue weighted by atomic mass is 35.5. The van der Waals surface area contributed by atoms with Crippen molar-refractivity contribution in [2.24, 2.45) is 0 Å². The molecule has 0 aromatic carbocycles. The van der Waals surface area contributed by atoms with Crippen LogP contribution in [0.1, 0.15) is 20.8 Å². The van der Waals surface area contributed by atoms with Crippen LogP contribution < -0.4 is 4.90 Å². The molecule has 0 radical (unpaired) electrons. The Morgan fingerprint density at radius 2 is 2.00 bits per heavy atom. The molecule has 0 unspecified atom stereocenters. The van der Waals surface area contributed by atoms with Gasteiger partial charge < -0.3 is 4.74 Å². The molecule has 0 aliphatic carbocycles. The highest BCUT2D eigenvalue weighted by molar-refractivity contribution is 6.34. The zero-order chi connectivity index (χ0) is 13.2. The average Bonchev–Trinajstić information content (AvgIpc) is 2.18.